The van der Waals surface area contributed by atoms with Gasteiger partial charge in [0.1, 0.15) is 18.0 Å². The molecule has 1 N–H and O–H groups in total. The zero-order chi connectivity index (χ0) is 21.8. The quantitative estimate of drug-likeness (QED) is 0.703. The summed E-state index contributed by atoms with van der Waals surface area (Å²) < 4.78 is 10.5. The fourth-order valence-electron chi connectivity index (χ4n) is 2.94. The molecule has 0 aromatic heterocycles. The van der Waals surface area contributed by atoms with Crippen molar-refractivity contribution < 1.29 is 23.9 Å². The molecule has 0 radical (unpaired) electrons. The minimum atomic E-state index is -0.515. The third-order valence-electron chi connectivity index (χ3n) is 4.78. The monoisotopic (exact) mass is 426 g/mol. The first kappa shape index (κ1) is 21.4. The van der Waals surface area contributed by atoms with Crippen LogP contribution in [-0.2, 0) is 9.59 Å². The van der Waals surface area contributed by atoms with Crippen LogP contribution in [0.5, 0.6) is 11.5 Å². The number of hydrogen-bond donors (Lipinski definition) is 1. The Hall–Kier alpha value is -3.26. The maximum absolute atomic E-state index is 12.7. The van der Waals surface area contributed by atoms with Gasteiger partial charge in [-0.15, -0.1) is 0 Å². The maximum Gasteiger partial charge on any atom is 0.294 e. The molecule has 0 spiro atoms. The lowest BCUT2D eigenvalue weighted by Crippen LogP contribution is -2.36. The van der Waals surface area contributed by atoms with Crippen LogP contribution in [0.1, 0.15) is 16.7 Å². The molecule has 1 heterocycles. The van der Waals surface area contributed by atoms with Gasteiger partial charge < -0.3 is 14.8 Å². The van der Waals surface area contributed by atoms with E-state index in [1.165, 1.54) is 7.11 Å². The first-order chi connectivity index (χ1) is 14.3. The number of nitrogens with zero attached hydrogens (tertiary/aromatic N) is 1. The van der Waals surface area contributed by atoms with Gasteiger partial charge in [0.2, 0.25) is 5.91 Å². The molecule has 0 unspecified atom stereocenters. The first-order valence-electron chi connectivity index (χ1n) is 9.17. The largest absolute Gasteiger partial charge is 0.497 e. The number of amides is 3. The summed E-state index contributed by atoms with van der Waals surface area (Å²) in [5.41, 5.74) is 3.26. The summed E-state index contributed by atoms with van der Waals surface area (Å²) in [6.07, 6.45) is 1.58. The van der Waals surface area contributed by atoms with E-state index in [0.717, 1.165) is 27.8 Å². The smallest absolute Gasteiger partial charge is 0.294 e. The summed E-state index contributed by atoms with van der Waals surface area (Å²) in [4.78, 5) is 38.7. The third-order valence-corrected chi connectivity index (χ3v) is 5.69. The molecule has 1 fully saturated rings. The predicted octanol–water partition coefficient (Wildman–Crippen LogP) is 4.00. The predicted molar refractivity (Wildman–Crippen MR) is 117 cm³/mol. The number of rotatable bonds is 6. The molecule has 1 aliphatic heterocycles. The Morgan fingerprint density at radius 3 is 2.60 bits per heavy atom. The maximum atomic E-state index is 12.7. The van der Waals surface area contributed by atoms with Gasteiger partial charge in [-0.1, -0.05) is 12.1 Å². The Morgan fingerprint density at radius 2 is 1.90 bits per heavy atom. The molecule has 1 saturated heterocycles. The van der Waals surface area contributed by atoms with Crippen LogP contribution in [0.3, 0.4) is 0 Å². The summed E-state index contributed by atoms with van der Waals surface area (Å²) in [6, 6.07) is 10.7. The van der Waals surface area contributed by atoms with Crippen LogP contribution in [0.25, 0.3) is 6.08 Å². The van der Waals surface area contributed by atoms with E-state index in [1.807, 2.05) is 26.0 Å². The molecule has 30 heavy (non-hydrogen) atoms. The molecule has 156 valence electrons. The summed E-state index contributed by atoms with van der Waals surface area (Å²) in [6.45, 7) is 3.49. The van der Waals surface area contributed by atoms with Crippen molar-refractivity contribution in [1.82, 2.24) is 4.90 Å². The van der Waals surface area contributed by atoms with Crippen molar-refractivity contribution in [3.05, 3.63) is 58.0 Å². The van der Waals surface area contributed by atoms with Gasteiger partial charge in [0.25, 0.3) is 11.1 Å². The lowest BCUT2D eigenvalue weighted by molar-refractivity contribution is -0.127. The number of carbonyl (C=O) groups excluding carboxylic acids is 3. The molecule has 0 bridgehead atoms. The molecule has 0 saturated carbocycles. The fourth-order valence-corrected chi connectivity index (χ4v) is 3.76. The molecule has 0 atom stereocenters. The van der Waals surface area contributed by atoms with E-state index in [0.29, 0.717) is 22.7 Å². The van der Waals surface area contributed by atoms with Crippen LogP contribution in [0.4, 0.5) is 10.5 Å². The average molecular weight is 426 g/mol. The second kappa shape index (κ2) is 9.04. The van der Waals surface area contributed by atoms with Crippen LogP contribution < -0.4 is 14.8 Å². The molecule has 3 rings (SSSR count). The van der Waals surface area contributed by atoms with Crippen molar-refractivity contribution in [2.24, 2.45) is 0 Å². The van der Waals surface area contributed by atoms with E-state index >= 15 is 0 Å². The van der Waals surface area contributed by atoms with Crippen LogP contribution in [0.15, 0.2) is 41.3 Å². The Morgan fingerprint density at radius 1 is 1.13 bits per heavy atom. The average Bonchev–Trinajstić information content (AvgIpc) is 2.99. The van der Waals surface area contributed by atoms with Gasteiger partial charge in [-0.2, -0.15) is 0 Å². The number of methoxy groups -OCH3 is 2. The highest BCUT2D eigenvalue weighted by Gasteiger charge is 2.36. The lowest BCUT2D eigenvalue weighted by Gasteiger charge is -2.14. The molecule has 2 aromatic carbocycles. The van der Waals surface area contributed by atoms with E-state index < -0.39 is 17.1 Å². The van der Waals surface area contributed by atoms with Crippen molar-refractivity contribution in [2.75, 3.05) is 26.1 Å². The Balaban J connectivity index is 1.75. The highest BCUT2D eigenvalue weighted by Crippen LogP contribution is 2.35. The number of imide groups is 1. The molecular weight excluding hydrogens is 404 g/mol. The van der Waals surface area contributed by atoms with Crippen molar-refractivity contribution in [3.63, 3.8) is 0 Å². The molecule has 2 aromatic rings. The number of thioether (sulfide) groups is 1. The third kappa shape index (κ3) is 4.49. The summed E-state index contributed by atoms with van der Waals surface area (Å²) in [7, 11) is 3.05. The Labute approximate surface area is 179 Å². The van der Waals surface area contributed by atoms with E-state index in [1.54, 1.807) is 37.5 Å². The van der Waals surface area contributed by atoms with E-state index in [2.05, 4.69) is 5.32 Å². The van der Waals surface area contributed by atoms with E-state index in [4.69, 9.17) is 9.47 Å². The van der Waals surface area contributed by atoms with Crippen LogP contribution >= 0.6 is 11.8 Å². The van der Waals surface area contributed by atoms with Gasteiger partial charge in [-0.3, -0.25) is 19.3 Å². The topological polar surface area (TPSA) is 84.9 Å². The molecule has 0 aliphatic carbocycles. The Bertz CT molecular complexity index is 1050. The van der Waals surface area contributed by atoms with Crippen LogP contribution in [0.2, 0.25) is 0 Å². The number of carbonyl (C=O) groups is 3. The first-order valence-corrected chi connectivity index (χ1v) is 9.99. The normalized spacial score (nSPS) is 14.9. The summed E-state index contributed by atoms with van der Waals surface area (Å²) in [5, 5.41) is 2.28. The SMILES string of the molecule is COc1ccc(/C=C2/SC(=O)N(CC(=O)Nc3cccc(C)c3C)C2=O)c(OC)c1. The van der Waals surface area contributed by atoms with Gasteiger partial charge in [-0.25, -0.2) is 0 Å². The summed E-state index contributed by atoms with van der Waals surface area (Å²) in [5.74, 6) is 0.169. The van der Waals surface area contributed by atoms with Gasteiger partial charge in [0.05, 0.1) is 19.1 Å². The highest BCUT2D eigenvalue weighted by atomic mass is 32.2. The zero-order valence-corrected chi connectivity index (χ0v) is 18.0. The minimum absolute atomic E-state index is 0.225. The minimum Gasteiger partial charge on any atom is -0.497 e. The number of nitrogens with one attached hydrogen (secondary N) is 1. The van der Waals surface area contributed by atoms with Crippen molar-refractivity contribution in [1.29, 1.82) is 0 Å². The molecule has 7 nitrogen and oxygen atoms in total. The zero-order valence-electron chi connectivity index (χ0n) is 17.1. The molecular formula is C22H22N2O5S. The summed E-state index contributed by atoms with van der Waals surface area (Å²) >= 11 is 0.791. The van der Waals surface area contributed by atoms with Crippen molar-refractivity contribution in [3.8, 4) is 11.5 Å². The Kier molecular flexibility index (Phi) is 6.47. The molecule has 8 heteroatoms. The van der Waals surface area contributed by atoms with Gasteiger partial charge in [0.15, 0.2) is 0 Å². The molecule has 3 amide bonds. The van der Waals surface area contributed by atoms with Gasteiger partial charge in [0, 0.05) is 17.3 Å². The van der Waals surface area contributed by atoms with E-state index in [9.17, 15) is 14.4 Å². The van der Waals surface area contributed by atoms with Crippen molar-refractivity contribution >= 4 is 40.6 Å². The second-order valence-corrected chi connectivity index (χ2v) is 7.66. The molecule has 1 aliphatic rings. The number of benzene rings is 2. The van der Waals surface area contributed by atoms with Crippen molar-refractivity contribution in [2.45, 2.75) is 13.8 Å². The van der Waals surface area contributed by atoms with Gasteiger partial charge >= 0.3 is 0 Å². The fraction of sp³-hybridized carbons (Fsp3) is 0.227. The van der Waals surface area contributed by atoms with Crippen LogP contribution in [-0.4, -0.2) is 42.7 Å². The second-order valence-electron chi connectivity index (χ2n) is 6.67. The number of anilines is 1. The standard InChI is InChI=1S/C22H22N2O5S/c1-13-6-5-7-17(14(13)2)23-20(25)12-24-21(26)19(30-22(24)27)10-15-8-9-16(28-3)11-18(15)29-4/h5-11H,12H2,1-4H3,(H,23,25)/b19-10+. The lowest BCUT2D eigenvalue weighted by atomic mass is 10.1. The van der Waals surface area contributed by atoms with E-state index in [-0.39, 0.29) is 11.4 Å². The van der Waals surface area contributed by atoms with Gasteiger partial charge in [-0.05, 0) is 61.0 Å². The number of hydrogen-bond acceptors (Lipinski definition) is 6. The number of ether oxygens (including phenoxy) is 2. The van der Waals surface area contributed by atoms with Crippen LogP contribution in [0, 0.1) is 13.8 Å². The highest BCUT2D eigenvalue weighted by molar-refractivity contribution is 8.18. The number of aryl methyl sites for hydroxylation is 1.